The van der Waals surface area contributed by atoms with E-state index in [2.05, 4.69) is 31.0 Å². The van der Waals surface area contributed by atoms with Gasteiger partial charge in [0.05, 0.1) is 19.6 Å². The van der Waals surface area contributed by atoms with E-state index in [1.165, 1.54) is 13.2 Å². The lowest BCUT2D eigenvalue weighted by Crippen LogP contribution is -2.32. The Morgan fingerprint density at radius 2 is 1.72 bits per heavy atom. The molecule has 7 nitrogen and oxygen atoms in total. The van der Waals surface area contributed by atoms with Crippen LogP contribution in [0.3, 0.4) is 0 Å². The molecule has 2 heterocycles. The summed E-state index contributed by atoms with van der Waals surface area (Å²) >= 11 is 0. The van der Waals surface area contributed by atoms with Gasteiger partial charge in [0.15, 0.2) is 5.78 Å². The molecule has 0 bridgehead atoms. The van der Waals surface area contributed by atoms with Gasteiger partial charge in [0.25, 0.3) is 5.56 Å². The summed E-state index contributed by atoms with van der Waals surface area (Å²) in [7, 11) is 5.28. The standard InChI is InChI=1S/C32H41N3O4/c1-21(2)13-28(35-20-24(19-34(5)6)11-12-30(35)37)29(36)15-25(16-31(38)39-7)26-14-27(18-33-17-26)32-22(3)9-8-10-23(32)4/h8-12,14,17-18,20-21,25,28H,13,15-16,19H2,1-7H3/t25-,28?/m0/s1. The lowest BCUT2D eigenvalue weighted by Gasteiger charge is -2.24. The molecule has 1 unspecified atom stereocenters. The van der Waals surface area contributed by atoms with Crippen molar-refractivity contribution in [3.8, 4) is 11.1 Å². The van der Waals surface area contributed by atoms with Gasteiger partial charge in [0.1, 0.15) is 0 Å². The molecule has 0 saturated heterocycles. The highest BCUT2D eigenvalue weighted by Crippen LogP contribution is 2.33. The van der Waals surface area contributed by atoms with Crippen molar-refractivity contribution in [3.63, 3.8) is 0 Å². The number of ketones is 1. The maximum absolute atomic E-state index is 13.9. The second-order valence-corrected chi connectivity index (χ2v) is 11.1. The minimum absolute atomic E-state index is 0.0457. The number of nitrogens with zero attached hydrogens (tertiary/aromatic N) is 3. The van der Waals surface area contributed by atoms with E-state index in [1.54, 1.807) is 23.0 Å². The molecule has 2 atom stereocenters. The average Bonchev–Trinajstić information content (AvgIpc) is 2.87. The molecule has 0 aliphatic heterocycles. The van der Waals surface area contributed by atoms with Gasteiger partial charge in [-0.05, 0) is 74.2 Å². The lowest BCUT2D eigenvalue weighted by atomic mass is 9.86. The quantitative estimate of drug-likeness (QED) is 0.288. The molecule has 2 aromatic heterocycles. The van der Waals surface area contributed by atoms with Crippen molar-refractivity contribution < 1.29 is 14.3 Å². The topological polar surface area (TPSA) is 81.5 Å². The highest BCUT2D eigenvalue weighted by molar-refractivity contribution is 5.84. The summed E-state index contributed by atoms with van der Waals surface area (Å²) < 4.78 is 6.56. The van der Waals surface area contributed by atoms with Crippen molar-refractivity contribution in [2.24, 2.45) is 5.92 Å². The molecule has 0 radical (unpaired) electrons. The van der Waals surface area contributed by atoms with Gasteiger partial charge in [0, 0.05) is 49.1 Å². The molecule has 0 aliphatic carbocycles. The maximum atomic E-state index is 13.9. The third-order valence-electron chi connectivity index (χ3n) is 6.99. The van der Waals surface area contributed by atoms with E-state index in [0.717, 1.165) is 33.4 Å². The molecule has 1 aromatic carbocycles. The first-order valence-electron chi connectivity index (χ1n) is 13.5. The summed E-state index contributed by atoms with van der Waals surface area (Å²) in [5, 5.41) is 0. The number of esters is 1. The fourth-order valence-electron chi connectivity index (χ4n) is 5.16. The van der Waals surface area contributed by atoms with Crippen molar-refractivity contribution in [2.45, 2.75) is 65.5 Å². The van der Waals surface area contributed by atoms with Crippen LogP contribution in [-0.2, 0) is 20.9 Å². The summed E-state index contributed by atoms with van der Waals surface area (Å²) in [6, 6.07) is 10.9. The van der Waals surface area contributed by atoms with Crippen LogP contribution in [-0.4, -0.2) is 47.4 Å². The number of pyridine rings is 2. The Labute approximate surface area is 231 Å². The molecule has 0 saturated carbocycles. The Morgan fingerprint density at radius 3 is 2.33 bits per heavy atom. The van der Waals surface area contributed by atoms with Crippen LogP contribution in [0.2, 0.25) is 0 Å². The molecule has 3 aromatic rings. The smallest absolute Gasteiger partial charge is 0.306 e. The van der Waals surface area contributed by atoms with Crippen LogP contribution in [0.4, 0.5) is 0 Å². The van der Waals surface area contributed by atoms with Crippen LogP contribution >= 0.6 is 0 Å². The van der Waals surface area contributed by atoms with Crippen LogP contribution in [0.25, 0.3) is 11.1 Å². The Balaban J connectivity index is 2.01. The van der Waals surface area contributed by atoms with Crippen molar-refractivity contribution >= 4 is 11.8 Å². The monoisotopic (exact) mass is 531 g/mol. The van der Waals surface area contributed by atoms with Crippen LogP contribution in [0, 0.1) is 19.8 Å². The Hall–Kier alpha value is -3.58. The van der Waals surface area contributed by atoms with Crippen LogP contribution in [0.15, 0.2) is 59.8 Å². The Kier molecular flexibility index (Phi) is 10.4. The summed E-state index contributed by atoms with van der Waals surface area (Å²) in [4.78, 5) is 45.8. The van der Waals surface area contributed by atoms with Crippen molar-refractivity contribution in [1.29, 1.82) is 0 Å². The molecular formula is C32H41N3O4. The number of Topliss-reactive ketones (excluding diaryl/α,β-unsaturated/α-hetero) is 1. The van der Waals surface area contributed by atoms with Gasteiger partial charge in [-0.1, -0.05) is 38.1 Å². The number of aromatic nitrogens is 2. The lowest BCUT2D eigenvalue weighted by molar-refractivity contribution is -0.141. The molecule has 0 amide bonds. The third-order valence-corrected chi connectivity index (χ3v) is 6.99. The van der Waals surface area contributed by atoms with Crippen LogP contribution in [0.1, 0.15) is 67.3 Å². The minimum atomic E-state index is -0.630. The number of carbonyl (C=O) groups is 2. The summed E-state index contributed by atoms with van der Waals surface area (Å²) in [5.74, 6) is -0.719. The summed E-state index contributed by atoms with van der Waals surface area (Å²) in [6.07, 6.45) is 5.99. The van der Waals surface area contributed by atoms with Crippen molar-refractivity contribution in [1.82, 2.24) is 14.5 Å². The van der Waals surface area contributed by atoms with Crippen molar-refractivity contribution in [3.05, 3.63) is 87.6 Å². The largest absolute Gasteiger partial charge is 0.469 e. The van der Waals surface area contributed by atoms with E-state index < -0.39 is 17.9 Å². The van der Waals surface area contributed by atoms with E-state index in [9.17, 15) is 14.4 Å². The summed E-state index contributed by atoms with van der Waals surface area (Å²) in [5.41, 5.74) is 5.84. The number of methoxy groups -OCH3 is 1. The van der Waals surface area contributed by atoms with Gasteiger partial charge >= 0.3 is 5.97 Å². The number of hydrogen-bond acceptors (Lipinski definition) is 6. The second-order valence-electron chi connectivity index (χ2n) is 11.1. The van der Waals surface area contributed by atoms with Crippen molar-refractivity contribution in [2.75, 3.05) is 21.2 Å². The first-order chi connectivity index (χ1) is 18.5. The predicted molar refractivity (Wildman–Crippen MR) is 155 cm³/mol. The van der Waals surface area contributed by atoms with E-state index in [0.29, 0.717) is 13.0 Å². The zero-order valence-corrected chi connectivity index (χ0v) is 24.2. The Bertz CT molecular complexity index is 1340. The van der Waals surface area contributed by atoms with Crippen LogP contribution in [0.5, 0.6) is 0 Å². The molecule has 208 valence electrons. The molecule has 39 heavy (non-hydrogen) atoms. The molecule has 3 rings (SSSR count). The van der Waals surface area contributed by atoms with Gasteiger partial charge in [-0.15, -0.1) is 0 Å². The molecule has 0 aliphatic rings. The number of rotatable bonds is 12. The third kappa shape index (κ3) is 7.96. The zero-order chi connectivity index (χ0) is 28.7. The second kappa shape index (κ2) is 13.5. The Morgan fingerprint density at radius 1 is 1.03 bits per heavy atom. The van der Waals surface area contributed by atoms with E-state index in [4.69, 9.17) is 4.74 Å². The fourth-order valence-corrected chi connectivity index (χ4v) is 5.16. The number of hydrogen-bond donors (Lipinski definition) is 0. The summed E-state index contributed by atoms with van der Waals surface area (Å²) in [6.45, 7) is 8.86. The minimum Gasteiger partial charge on any atom is -0.469 e. The first-order valence-corrected chi connectivity index (χ1v) is 13.5. The normalized spacial score (nSPS) is 12.9. The van der Waals surface area contributed by atoms with Gasteiger partial charge in [0.2, 0.25) is 0 Å². The first kappa shape index (κ1) is 30.0. The number of ether oxygens (including phenoxy) is 1. The highest BCUT2D eigenvalue weighted by atomic mass is 16.5. The molecule has 0 spiro atoms. The fraction of sp³-hybridized carbons (Fsp3) is 0.438. The van der Waals surface area contributed by atoms with Gasteiger partial charge in [-0.2, -0.15) is 0 Å². The molecular weight excluding hydrogens is 490 g/mol. The zero-order valence-electron chi connectivity index (χ0n) is 24.2. The highest BCUT2D eigenvalue weighted by Gasteiger charge is 2.28. The van der Waals surface area contributed by atoms with E-state index in [1.807, 2.05) is 51.2 Å². The van der Waals surface area contributed by atoms with Gasteiger partial charge in [-0.3, -0.25) is 19.4 Å². The predicted octanol–water partition coefficient (Wildman–Crippen LogP) is 5.48. The average molecular weight is 532 g/mol. The van der Waals surface area contributed by atoms with E-state index >= 15 is 0 Å². The van der Waals surface area contributed by atoms with E-state index in [-0.39, 0.29) is 30.1 Å². The molecule has 0 N–H and O–H groups in total. The van der Waals surface area contributed by atoms with Gasteiger partial charge < -0.3 is 14.2 Å². The maximum Gasteiger partial charge on any atom is 0.306 e. The number of aryl methyl sites for hydroxylation is 2. The number of benzene rings is 1. The van der Waals surface area contributed by atoms with Gasteiger partial charge in [-0.25, -0.2) is 0 Å². The molecule has 0 fully saturated rings. The molecule has 7 heteroatoms. The SMILES string of the molecule is COC(=O)C[C@H](CC(=O)C(CC(C)C)n1cc(CN(C)C)ccc1=O)c1cncc(-c2c(C)cccc2C)c1. The number of carbonyl (C=O) groups excluding carboxylic acids is 2. The van der Waals surface area contributed by atoms with Crippen LogP contribution < -0.4 is 5.56 Å².